The zero-order valence-electron chi connectivity index (χ0n) is 24.7. The molecule has 0 unspecified atom stereocenters. The summed E-state index contributed by atoms with van der Waals surface area (Å²) in [5.41, 5.74) is -4.61. The molecule has 4 rings (SSSR count). The van der Waals surface area contributed by atoms with E-state index in [2.05, 4.69) is 0 Å². The van der Waals surface area contributed by atoms with Gasteiger partial charge in [0.1, 0.15) is 30.0 Å². The van der Waals surface area contributed by atoms with Crippen LogP contribution in [0.2, 0.25) is 0 Å². The lowest BCUT2D eigenvalue weighted by Crippen LogP contribution is -2.71. The molecule has 42 heavy (non-hydrogen) atoms. The van der Waals surface area contributed by atoms with Crippen LogP contribution >= 0.6 is 0 Å². The molecular weight excluding hydrogens is 556 g/mol. The maximum absolute atomic E-state index is 13.0. The van der Waals surface area contributed by atoms with E-state index in [0.717, 1.165) is 6.92 Å². The molecule has 0 amide bonds. The summed E-state index contributed by atoms with van der Waals surface area (Å²) in [6.07, 6.45) is -1.57. The van der Waals surface area contributed by atoms with E-state index in [0.29, 0.717) is 5.57 Å². The van der Waals surface area contributed by atoms with Gasteiger partial charge in [0.25, 0.3) is 0 Å². The molecule has 3 fully saturated rings. The first-order chi connectivity index (χ1) is 19.6. The van der Waals surface area contributed by atoms with Crippen LogP contribution in [0.25, 0.3) is 0 Å². The van der Waals surface area contributed by atoms with E-state index < -0.39 is 88.8 Å². The van der Waals surface area contributed by atoms with E-state index in [-0.39, 0.29) is 19.6 Å². The van der Waals surface area contributed by atoms with Crippen LogP contribution in [0.3, 0.4) is 0 Å². The smallest absolute Gasteiger partial charge is 0.312 e. The number of carbonyl (C=O) groups excluding carboxylic acids is 5. The zero-order valence-corrected chi connectivity index (χ0v) is 24.7. The molecule has 2 heterocycles. The first-order valence-electron chi connectivity index (χ1n) is 13.7. The molecule has 4 aliphatic rings. The van der Waals surface area contributed by atoms with Gasteiger partial charge in [-0.1, -0.05) is 13.0 Å². The third kappa shape index (κ3) is 5.33. The van der Waals surface area contributed by atoms with Crippen molar-refractivity contribution in [3.05, 3.63) is 23.8 Å². The molecule has 13 nitrogen and oxygen atoms in total. The molecule has 2 aliphatic carbocycles. The Bertz CT molecular complexity index is 1200. The Morgan fingerprint density at radius 2 is 1.55 bits per heavy atom. The predicted molar refractivity (Wildman–Crippen MR) is 140 cm³/mol. The summed E-state index contributed by atoms with van der Waals surface area (Å²) in [7, 11) is 1.45. The molecule has 0 aromatic rings. The van der Waals surface area contributed by atoms with Gasteiger partial charge in [-0.05, 0) is 24.6 Å². The number of hydrogen-bond donors (Lipinski definition) is 1. The minimum Gasteiger partial charge on any atom is -0.462 e. The molecule has 13 heteroatoms. The average molecular weight is 595 g/mol. The maximum Gasteiger partial charge on any atom is 0.312 e. The highest BCUT2D eigenvalue weighted by Gasteiger charge is 2.78. The predicted octanol–water partition coefficient (Wildman–Crippen LogP) is 0.944. The number of esters is 5. The van der Waals surface area contributed by atoms with Gasteiger partial charge >= 0.3 is 29.8 Å². The van der Waals surface area contributed by atoms with Gasteiger partial charge < -0.3 is 38.3 Å². The quantitative estimate of drug-likeness (QED) is 0.262. The number of carbonyl (C=O) groups is 5. The van der Waals surface area contributed by atoms with Gasteiger partial charge in [-0.15, -0.1) is 0 Å². The average Bonchev–Trinajstić information content (AvgIpc) is 3.63. The molecule has 2 aliphatic heterocycles. The Hall–Kier alpha value is -3.29. The highest BCUT2D eigenvalue weighted by molar-refractivity contribution is 5.78. The summed E-state index contributed by atoms with van der Waals surface area (Å²) in [6.45, 7) is 7.90. The van der Waals surface area contributed by atoms with Crippen molar-refractivity contribution in [2.45, 2.75) is 89.7 Å². The van der Waals surface area contributed by atoms with Gasteiger partial charge in [0.15, 0.2) is 11.7 Å². The Morgan fingerprint density at radius 3 is 2.07 bits per heavy atom. The van der Waals surface area contributed by atoms with Gasteiger partial charge in [0.2, 0.25) is 0 Å². The molecular formula is C29H38O13. The second-order valence-corrected chi connectivity index (χ2v) is 11.6. The fraction of sp³-hybridized carbons (Fsp3) is 0.690. The number of fused-ring (bicyclic) bond motifs is 3. The fourth-order valence-corrected chi connectivity index (χ4v) is 6.91. The van der Waals surface area contributed by atoms with Crippen molar-refractivity contribution in [1.29, 1.82) is 0 Å². The third-order valence-electron chi connectivity index (χ3n) is 8.82. The molecule has 10 atom stereocenters. The van der Waals surface area contributed by atoms with Crippen LogP contribution in [0, 0.1) is 17.3 Å². The van der Waals surface area contributed by atoms with Gasteiger partial charge in [-0.3, -0.25) is 24.0 Å². The number of ether oxygens (including phenoxy) is 7. The van der Waals surface area contributed by atoms with Crippen LogP contribution in [0.4, 0.5) is 0 Å². The van der Waals surface area contributed by atoms with Crippen LogP contribution < -0.4 is 0 Å². The molecule has 232 valence electrons. The van der Waals surface area contributed by atoms with E-state index >= 15 is 0 Å². The number of epoxide rings is 1. The van der Waals surface area contributed by atoms with Gasteiger partial charge in [-0.25, -0.2) is 0 Å². The first-order valence-corrected chi connectivity index (χ1v) is 13.7. The Morgan fingerprint density at radius 1 is 0.976 bits per heavy atom. The Balaban J connectivity index is 2.09. The lowest BCUT2D eigenvalue weighted by atomic mass is 9.52. The highest BCUT2D eigenvalue weighted by atomic mass is 16.6. The number of rotatable bonds is 6. The van der Waals surface area contributed by atoms with Crippen molar-refractivity contribution >= 4 is 29.8 Å². The van der Waals surface area contributed by atoms with Crippen molar-refractivity contribution in [3.63, 3.8) is 0 Å². The summed E-state index contributed by atoms with van der Waals surface area (Å²) < 4.78 is 40.3. The number of hydrogen-bond acceptors (Lipinski definition) is 13. The summed E-state index contributed by atoms with van der Waals surface area (Å²) in [6, 6.07) is 0. The van der Waals surface area contributed by atoms with E-state index in [1.54, 1.807) is 19.1 Å². The van der Waals surface area contributed by atoms with Crippen LogP contribution in [0.1, 0.15) is 48.0 Å². The van der Waals surface area contributed by atoms with E-state index in [9.17, 15) is 29.1 Å². The summed E-state index contributed by atoms with van der Waals surface area (Å²) in [5, 5.41) is 12.6. The van der Waals surface area contributed by atoms with Crippen molar-refractivity contribution in [1.82, 2.24) is 0 Å². The van der Waals surface area contributed by atoms with Crippen LogP contribution in [0.5, 0.6) is 0 Å². The monoisotopic (exact) mass is 594 g/mol. The van der Waals surface area contributed by atoms with E-state index in [4.69, 9.17) is 33.2 Å². The lowest BCUT2D eigenvalue weighted by Gasteiger charge is -2.57. The summed E-state index contributed by atoms with van der Waals surface area (Å²) in [5.74, 6) is -5.92. The van der Waals surface area contributed by atoms with Gasteiger partial charge in [0.05, 0.1) is 24.5 Å². The van der Waals surface area contributed by atoms with Crippen LogP contribution in [-0.4, -0.2) is 97.0 Å². The second-order valence-electron chi connectivity index (χ2n) is 11.6. The summed E-state index contributed by atoms with van der Waals surface area (Å²) in [4.78, 5) is 63.0. The minimum absolute atomic E-state index is 0.000953. The van der Waals surface area contributed by atoms with Crippen molar-refractivity contribution < 1.29 is 62.2 Å². The molecule has 0 bridgehead atoms. The van der Waals surface area contributed by atoms with E-state index in [1.165, 1.54) is 40.9 Å². The second kappa shape index (κ2) is 11.4. The molecule has 1 saturated carbocycles. The van der Waals surface area contributed by atoms with Crippen molar-refractivity contribution in [2.75, 3.05) is 20.3 Å². The maximum atomic E-state index is 13.0. The van der Waals surface area contributed by atoms with Crippen molar-refractivity contribution in [2.24, 2.45) is 17.3 Å². The molecule has 2 saturated heterocycles. The van der Waals surface area contributed by atoms with Gasteiger partial charge in [0, 0.05) is 47.1 Å². The van der Waals surface area contributed by atoms with E-state index in [1.807, 2.05) is 0 Å². The molecule has 0 aromatic carbocycles. The normalized spacial score (nSPS) is 42.5. The largest absolute Gasteiger partial charge is 0.462 e. The Kier molecular flexibility index (Phi) is 8.60. The van der Waals surface area contributed by atoms with Gasteiger partial charge in [-0.2, -0.15) is 0 Å². The lowest BCUT2D eigenvalue weighted by molar-refractivity contribution is -0.252. The SMILES string of the molecule is COCC1=C\[C@@H]2OC(=O)[C@H](C)[C@@]2(O)[C@@H](OC(C)=O)[C@H]2[C@@]3(CO3)[C@H](OC(C)=O)C[C@H](OC(C)=O)[C@]2(C)[C@@H](OC(C)=O)/C=C\1. The van der Waals surface area contributed by atoms with Crippen molar-refractivity contribution in [3.8, 4) is 0 Å². The standard InChI is InChI=1S/C29H38O13/c1-14-26(34)42-23-10-19(12-36-7)8-9-20(38-15(2)30)27(6)21(39-16(3)31)11-22(40-17(4)32)28(13-37-28)24(27)25(29(14,23)35)41-18(5)33/h8-10,14,20-25,35H,11-13H2,1-7H3/b9-8-,19-10-/t14-,20-,21-,22+,23-,24+,25-,27-,28+,29-/m0/s1. The van der Waals surface area contributed by atoms with Crippen LogP contribution in [-0.2, 0) is 57.1 Å². The van der Waals surface area contributed by atoms with Crippen LogP contribution in [0.15, 0.2) is 23.8 Å². The summed E-state index contributed by atoms with van der Waals surface area (Å²) >= 11 is 0. The molecule has 1 N–H and O–H groups in total. The number of methoxy groups -OCH3 is 1. The highest BCUT2D eigenvalue weighted by Crippen LogP contribution is 2.62. The first kappa shape index (κ1) is 31.6. The number of aliphatic hydroxyl groups is 1. The zero-order chi connectivity index (χ0) is 31.2. The topological polar surface area (TPSA) is 173 Å². The third-order valence-corrected chi connectivity index (χ3v) is 8.82. The fourth-order valence-electron chi connectivity index (χ4n) is 6.91. The molecule has 1 spiro atoms. The Labute approximate surface area is 243 Å². The molecule has 0 aromatic heterocycles. The molecule has 0 radical (unpaired) electrons. The minimum atomic E-state index is -2.20.